The predicted octanol–water partition coefficient (Wildman–Crippen LogP) is 3.78. The Labute approximate surface area is 154 Å². The zero-order chi connectivity index (χ0) is 17.5. The van der Waals surface area contributed by atoms with Crippen LogP contribution in [-0.2, 0) is 15.8 Å². The van der Waals surface area contributed by atoms with E-state index in [0.29, 0.717) is 6.54 Å². The summed E-state index contributed by atoms with van der Waals surface area (Å²) in [5.41, 5.74) is 0.817. The van der Waals surface area contributed by atoms with E-state index >= 15 is 0 Å². The predicted molar refractivity (Wildman–Crippen MR) is 104 cm³/mol. The average Bonchev–Trinajstić information content (AvgIpc) is 2.98. The minimum atomic E-state index is -3.34. The van der Waals surface area contributed by atoms with Gasteiger partial charge in [-0.05, 0) is 42.9 Å². The second-order valence-electron chi connectivity index (χ2n) is 6.57. The SMILES string of the molecule is O=S(=O)(Cc1ccccc1)NCC(c1cccs1)N1CCCCCC1. The van der Waals surface area contributed by atoms with Crippen molar-refractivity contribution in [3.05, 3.63) is 58.3 Å². The highest BCUT2D eigenvalue weighted by Crippen LogP contribution is 2.27. The Balaban J connectivity index is 1.67. The van der Waals surface area contributed by atoms with Gasteiger partial charge in [0.1, 0.15) is 0 Å². The van der Waals surface area contributed by atoms with E-state index < -0.39 is 10.0 Å². The van der Waals surface area contributed by atoms with Gasteiger partial charge >= 0.3 is 0 Å². The lowest BCUT2D eigenvalue weighted by molar-refractivity contribution is 0.209. The van der Waals surface area contributed by atoms with Crippen LogP contribution in [0.5, 0.6) is 0 Å². The molecule has 1 saturated heterocycles. The molecule has 1 atom stereocenters. The largest absolute Gasteiger partial charge is 0.294 e. The zero-order valence-electron chi connectivity index (χ0n) is 14.4. The standard InChI is InChI=1S/C19H26N2O2S2/c22-25(23,16-17-9-4-3-5-10-17)20-15-18(19-11-8-14-24-19)21-12-6-1-2-7-13-21/h3-5,8-11,14,18,20H,1-2,6-7,12-13,15-16H2. The van der Waals surface area contributed by atoms with Gasteiger partial charge in [-0.3, -0.25) is 4.90 Å². The minimum absolute atomic E-state index is 0.0327. The molecular weight excluding hydrogens is 352 g/mol. The van der Waals surface area contributed by atoms with E-state index in [2.05, 4.69) is 21.1 Å². The first-order valence-corrected chi connectivity index (χ1v) is 11.5. The molecule has 1 aromatic carbocycles. The Bertz CT molecular complexity index is 722. The lowest BCUT2D eigenvalue weighted by Crippen LogP contribution is -2.38. The molecule has 136 valence electrons. The fourth-order valence-corrected chi connectivity index (χ4v) is 5.35. The minimum Gasteiger partial charge on any atom is -0.294 e. The van der Waals surface area contributed by atoms with Crippen molar-refractivity contribution in [1.29, 1.82) is 0 Å². The molecule has 1 unspecified atom stereocenters. The molecule has 1 N–H and O–H groups in total. The Kier molecular flexibility index (Phi) is 6.64. The maximum absolute atomic E-state index is 12.5. The van der Waals surface area contributed by atoms with Crippen LogP contribution in [0.15, 0.2) is 47.8 Å². The van der Waals surface area contributed by atoms with Crippen molar-refractivity contribution in [3.63, 3.8) is 0 Å². The molecule has 0 radical (unpaired) electrons. The second kappa shape index (κ2) is 8.94. The summed E-state index contributed by atoms with van der Waals surface area (Å²) in [6, 6.07) is 13.6. The van der Waals surface area contributed by atoms with Crippen molar-refractivity contribution in [2.24, 2.45) is 0 Å². The molecule has 1 fully saturated rings. The summed E-state index contributed by atoms with van der Waals surface area (Å²) in [6.07, 6.45) is 4.93. The first-order chi connectivity index (χ1) is 12.1. The molecule has 0 saturated carbocycles. The molecular formula is C19H26N2O2S2. The summed E-state index contributed by atoms with van der Waals surface area (Å²) in [4.78, 5) is 3.69. The summed E-state index contributed by atoms with van der Waals surface area (Å²) in [5.74, 6) is 0.0327. The smallest absolute Gasteiger partial charge is 0.215 e. The first-order valence-electron chi connectivity index (χ1n) is 8.93. The van der Waals surface area contributed by atoms with Crippen LogP contribution < -0.4 is 4.72 Å². The number of nitrogens with zero attached hydrogens (tertiary/aromatic N) is 1. The highest BCUT2D eigenvalue weighted by molar-refractivity contribution is 7.88. The number of sulfonamides is 1. The molecule has 1 aliphatic rings. The lowest BCUT2D eigenvalue weighted by atomic mass is 10.2. The lowest BCUT2D eigenvalue weighted by Gasteiger charge is -2.30. The number of hydrogen-bond donors (Lipinski definition) is 1. The van der Waals surface area contributed by atoms with Crippen LogP contribution in [0, 0.1) is 0 Å². The first kappa shape index (κ1) is 18.6. The normalized spacial score (nSPS) is 17.9. The van der Waals surface area contributed by atoms with E-state index in [-0.39, 0.29) is 11.8 Å². The third kappa shape index (κ3) is 5.64. The van der Waals surface area contributed by atoms with E-state index in [0.717, 1.165) is 18.7 Å². The van der Waals surface area contributed by atoms with Crippen LogP contribution in [0.4, 0.5) is 0 Å². The van der Waals surface area contributed by atoms with Crippen LogP contribution in [-0.4, -0.2) is 33.0 Å². The molecule has 1 aromatic heterocycles. The van der Waals surface area contributed by atoms with E-state index in [1.807, 2.05) is 36.4 Å². The van der Waals surface area contributed by atoms with E-state index in [4.69, 9.17) is 0 Å². The Hall–Kier alpha value is -1.21. The number of nitrogens with one attached hydrogen (secondary N) is 1. The molecule has 2 aromatic rings. The van der Waals surface area contributed by atoms with Gasteiger partial charge in [0.05, 0.1) is 11.8 Å². The highest BCUT2D eigenvalue weighted by atomic mass is 32.2. The monoisotopic (exact) mass is 378 g/mol. The Morgan fingerprint density at radius 1 is 1.00 bits per heavy atom. The molecule has 6 heteroatoms. The Morgan fingerprint density at radius 2 is 1.72 bits per heavy atom. The van der Waals surface area contributed by atoms with Crippen LogP contribution in [0.3, 0.4) is 0 Å². The van der Waals surface area contributed by atoms with Crippen LogP contribution in [0.2, 0.25) is 0 Å². The van der Waals surface area contributed by atoms with Crippen molar-refractivity contribution in [3.8, 4) is 0 Å². The van der Waals surface area contributed by atoms with Gasteiger partial charge in [0.15, 0.2) is 0 Å². The number of rotatable bonds is 7. The van der Waals surface area contributed by atoms with Gasteiger partial charge in [-0.1, -0.05) is 49.2 Å². The van der Waals surface area contributed by atoms with E-state index in [1.165, 1.54) is 30.6 Å². The average molecular weight is 379 g/mol. The quantitative estimate of drug-likeness (QED) is 0.797. The molecule has 1 aliphatic heterocycles. The van der Waals surface area contributed by atoms with Gasteiger partial charge in [-0.2, -0.15) is 0 Å². The van der Waals surface area contributed by atoms with Crippen molar-refractivity contribution in [2.75, 3.05) is 19.6 Å². The number of hydrogen-bond acceptors (Lipinski definition) is 4. The molecule has 25 heavy (non-hydrogen) atoms. The van der Waals surface area contributed by atoms with Crippen LogP contribution in [0.25, 0.3) is 0 Å². The van der Waals surface area contributed by atoms with Gasteiger partial charge in [0.2, 0.25) is 10.0 Å². The summed E-state index contributed by atoms with van der Waals surface area (Å²) >= 11 is 1.71. The highest BCUT2D eigenvalue weighted by Gasteiger charge is 2.24. The maximum atomic E-state index is 12.5. The maximum Gasteiger partial charge on any atom is 0.215 e. The summed E-state index contributed by atoms with van der Waals surface area (Å²) < 4.78 is 27.8. The molecule has 4 nitrogen and oxygen atoms in total. The molecule has 3 rings (SSSR count). The van der Waals surface area contributed by atoms with Crippen molar-refractivity contribution in [2.45, 2.75) is 37.5 Å². The number of benzene rings is 1. The Morgan fingerprint density at radius 3 is 2.36 bits per heavy atom. The third-order valence-electron chi connectivity index (χ3n) is 4.65. The number of thiophene rings is 1. The van der Waals surface area contributed by atoms with Crippen molar-refractivity contribution < 1.29 is 8.42 Å². The second-order valence-corrected chi connectivity index (χ2v) is 9.36. The molecule has 0 amide bonds. The summed E-state index contributed by atoms with van der Waals surface area (Å²) in [7, 11) is -3.34. The molecule has 2 heterocycles. The van der Waals surface area contributed by atoms with Gasteiger partial charge in [-0.15, -0.1) is 11.3 Å². The van der Waals surface area contributed by atoms with Gasteiger partial charge in [0, 0.05) is 11.4 Å². The van der Waals surface area contributed by atoms with Crippen LogP contribution in [0.1, 0.15) is 42.2 Å². The summed E-state index contributed by atoms with van der Waals surface area (Å²) in [5, 5.41) is 2.07. The fraction of sp³-hybridized carbons (Fsp3) is 0.474. The van der Waals surface area contributed by atoms with E-state index in [1.54, 1.807) is 11.3 Å². The third-order valence-corrected chi connectivity index (χ3v) is 6.94. The van der Waals surface area contributed by atoms with Crippen molar-refractivity contribution in [1.82, 2.24) is 9.62 Å². The van der Waals surface area contributed by atoms with Crippen LogP contribution >= 0.6 is 11.3 Å². The van der Waals surface area contributed by atoms with E-state index in [9.17, 15) is 8.42 Å². The van der Waals surface area contributed by atoms with Gasteiger partial charge in [-0.25, -0.2) is 13.1 Å². The molecule has 0 aliphatic carbocycles. The topological polar surface area (TPSA) is 49.4 Å². The fourth-order valence-electron chi connectivity index (χ4n) is 3.35. The zero-order valence-corrected chi connectivity index (χ0v) is 16.1. The molecule has 0 spiro atoms. The summed E-state index contributed by atoms with van der Waals surface area (Å²) in [6.45, 7) is 2.53. The van der Waals surface area contributed by atoms with Gasteiger partial charge < -0.3 is 0 Å². The van der Waals surface area contributed by atoms with Crippen molar-refractivity contribution >= 4 is 21.4 Å². The number of likely N-dealkylation sites (tertiary alicyclic amines) is 1. The molecule has 0 bridgehead atoms. The van der Waals surface area contributed by atoms with Gasteiger partial charge in [0.25, 0.3) is 0 Å².